The molecule has 0 saturated carbocycles. The fourth-order valence-electron chi connectivity index (χ4n) is 3.46. The van der Waals surface area contributed by atoms with Crippen LogP contribution in [0.2, 0.25) is 0 Å². The Bertz CT molecular complexity index is 466. The van der Waals surface area contributed by atoms with Crippen LogP contribution in [0.1, 0.15) is 44.7 Å². The first-order valence-electron chi connectivity index (χ1n) is 7.84. The van der Waals surface area contributed by atoms with Gasteiger partial charge in [-0.2, -0.15) is 0 Å². The second-order valence-electron chi connectivity index (χ2n) is 6.64. The van der Waals surface area contributed by atoms with E-state index >= 15 is 0 Å². The Labute approximate surface area is 122 Å². The van der Waals surface area contributed by atoms with Crippen molar-refractivity contribution >= 4 is 0 Å². The summed E-state index contributed by atoms with van der Waals surface area (Å²) < 4.78 is 5.92. The number of hydrogen-bond donors (Lipinski definition) is 1. The molecule has 20 heavy (non-hydrogen) atoms. The number of likely N-dealkylation sites (tertiary alicyclic amines) is 1. The van der Waals surface area contributed by atoms with Crippen molar-refractivity contribution in [1.82, 2.24) is 4.90 Å². The highest BCUT2D eigenvalue weighted by Gasteiger charge is 2.36. The van der Waals surface area contributed by atoms with Crippen LogP contribution in [0.4, 0.5) is 0 Å². The first-order chi connectivity index (χ1) is 9.63. The Balaban J connectivity index is 1.71. The van der Waals surface area contributed by atoms with E-state index in [0.717, 1.165) is 31.0 Å². The highest BCUT2D eigenvalue weighted by Crippen LogP contribution is 2.38. The number of rotatable bonds is 2. The van der Waals surface area contributed by atoms with Gasteiger partial charge in [0.15, 0.2) is 0 Å². The molecule has 3 nitrogen and oxygen atoms in total. The highest BCUT2D eigenvalue weighted by molar-refractivity contribution is 5.38. The second kappa shape index (κ2) is 5.38. The molecule has 0 radical (unpaired) electrons. The molecule has 110 valence electrons. The van der Waals surface area contributed by atoms with Crippen LogP contribution in [-0.4, -0.2) is 30.6 Å². The molecule has 0 aliphatic carbocycles. The Kier molecular flexibility index (Phi) is 3.74. The monoisotopic (exact) mass is 274 g/mol. The van der Waals surface area contributed by atoms with Gasteiger partial charge < -0.3 is 10.5 Å². The third kappa shape index (κ3) is 2.45. The molecule has 2 aliphatic heterocycles. The zero-order chi connectivity index (χ0) is 14.2. The van der Waals surface area contributed by atoms with Crippen LogP contribution >= 0.6 is 0 Å². The summed E-state index contributed by atoms with van der Waals surface area (Å²) >= 11 is 0. The van der Waals surface area contributed by atoms with Crippen LogP contribution in [0.25, 0.3) is 0 Å². The van der Waals surface area contributed by atoms with Crippen LogP contribution in [0, 0.1) is 5.41 Å². The molecule has 1 aromatic rings. The van der Waals surface area contributed by atoms with Crippen molar-refractivity contribution in [3.8, 4) is 5.75 Å². The van der Waals surface area contributed by atoms with Gasteiger partial charge in [-0.25, -0.2) is 0 Å². The van der Waals surface area contributed by atoms with Gasteiger partial charge in [0.1, 0.15) is 12.4 Å². The number of fused-ring (bicyclic) bond motifs is 1. The number of ether oxygens (including phenoxy) is 1. The summed E-state index contributed by atoms with van der Waals surface area (Å²) in [6, 6.07) is 8.59. The summed E-state index contributed by atoms with van der Waals surface area (Å²) in [6.45, 7) is 7.74. The van der Waals surface area contributed by atoms with E-state index in [9.17, 15) is 0 Å². The Morgan fingerprint density at radius 1 is 1.30 bits per heavy atom. The van der Waals surface area contributed by atoms with Crippen molar-refractivity contribution in [2.75, 3.05) is 19.7 Å². The van der Waals surface area contributed by atoms with E-state index in [1.807, 2.05) is 12.1 Å². The number of para-hydroxylation sites is 1. The lowest BCUT2D eigenvalue weighted by atomic mass is 9.77. The smallest absolute Gasteiger partial charge is 0.124 e. The molecule has 0 spiro atoms. The Morgan fingerprint density at radius 2 is 2.00 bits per heavy atom. The maximum Gasteiger partial charge on any atom is 0.124 e. The van der Waals surface area contributed by atoms with E-state index in [-0.39, 0.29) is 6.04 Å². The van der Waals surface area contributed by atoms with Crippen LogP contribution < -0.4 is 10.5 Å². The predicted molar refractivity (Wildman–Crippen MR) is 81.9 cm³/mol. The predicted octanol–water partition coefficient (Wildman–Crippen LogP) is 2.96. The van der Waals surface area contributed by atoms with Crippen molar-refractivity contribution < 1.29 is 4.74 Å². The first-order valence-corrected chi connectivity index (χ1v) is 7.84. The van der Waals surface area contributed by atoms with E-state index in [4.69, 9.17) is 10.5 Å². The normalized spacial score (nSPS) is 29.6. The molecule has 0 amide bonds. The molecule has 3 rings (SSSR count). The van der Waals surface area contributed by atoms with Gasteiger partial charge in [-0.1, -0.05) is 38.5 Å². The summed E-state index contributed by atoms with van der Waals surface area (Å²) in [4.78, 5) is 2.54. The van der Waals surface area contributed by atoms with Crippen LogP contribution in [0.3, 0.4) is 0 Å². The number of nitrogens with zero attached hydrogens (tertiary/aromatic N) is 1. The average molecular weight is 274 g/mol. The molecule has 1 aromatic carbocycles. The molecule has 2 heterocycles. The summed E-state index contributed by atoms with van der Waals surface area (Å²) in [5, 5.41) is 0. The Morgan fingerprint density at radius 3 is 2.70 bits per heavy atom. The van der Waals surface area contributed by atoms with E-state index in [0.29, 0.717) is 11.5 Å². The SMILES string of the molecule is CCC1(C)CCN(C2COc3ccccc3C2N)CC1. The van der Waals surface area contributed by atoms with Gasteiger partial charge >= 0.3 is 0 Å². The zero-order valence-electron chi connectivity index (χ0n) is 12.6. The molecule has 3 heteroatoms. The van der Waals surface area contributed by atoms with Crippen LogP contribution in [0.5, 0.6) is 5.75 Å². The minimum absolute atomic E-state index is 0.0749. The number of piperidine rings is 1. The fourth-order valence-corrected chi connectivity index (χ4v) is 3.46. The third-order valence-corrected chi connectivity index (χ3v) is 5.43. The van der Waals surface area contributed by atoms with Crippen molar-refractivity contribution in [2.45, 2.75) is 45.2 Å². The van der Waals surface area contributed by atoms with Crippen molar-refractivity contribution in [2.24, 2.45) is 11.1 Å². The van der Waals surface area contributed by atoms with E-state index in [1.54, 1.807) is 0 Å². The molecule has 2 N–H and O–H groups in total. The molecule has 0 bridgehead atoms. The van der Waals surface area contributed by atoms with E-state index < -0.39 is 0 Å². The number of hydrogen-bond acceptors (Lipinski definition) is 3. The summed E-state index contributed by atoms with van der Waals surface area (Å²) in [6.07, 6.45) is 3.82. The fraction of sp³-hybridized carbons (Fsp3) is 0.647. The number of benzene rings is 1. The van der Waals surface area contributed by atoms with E-state index in [1.165, 1.54) is 19.3 Å². The summed E-state index contributed by atoms with van der Waals surface area (Å²) in [5.74, 6) is 0.964. The maximum atomic E-state index is 6.50. The van der Waals surface area contributed by atoms with Gasteiger partial charge in [0.25, 0.3) is 0 Å². The maximum absolute atomic E-state index is 6.50. The molecule has 1 fully saturated rings. The molecule has 2 unspecified atom stereocenters. The highest BCUT2D eigenvalue weighted by atomic mass is 16.5. The summed E-state index contributed by atoms with van der Waals surface area (Å²) in [7, 11) is 0. The van der Waals surface area contributed by atoms with Gasteiger partial charge in [0, 0.05) is 5.56 Å². The lowest BCUT2D eigenvalue weighted by Gasteiger charge is -2.45. The van der Waals surface area contributed by atoms with Gasteiger partial charge in [-0.15, -0.1) is 0 Å². The quantitative estimate of drug-likeness (QED) is 0.901. The van der Waals surface area contributed by atoms with Crippen molar-refractivity contribution in [3.63, 3.8) is 0 Å². The molecule has 2 aliphatic rings. The molecular formula is C17H26N2O. The molecular weight excluding hydrogens is 248 g/mol. The topological polar surface area (TPSA) is 38.5 Å². The molecule has 0 aromatic heterocycles. The van der Waals surface area contributed by atoms with Crippen LogP contribution in [-0.2, 0) is 0 Å². The standard InChI is InChI=1S/C17H26N2O/c1-3-17(2)8-10-19(11-9-17)14-12-20-15-7-5-4-6-13(15)16(14)18/h4-7,14,16H,3,8-12,18H2,1-2H3. The van der Waals surface area contributed by atoms with Gasteiger partial charge in [0.2, 0.25) is 0 Å². The van der Waals surface area contributed by atoms with Crippen molar-refractivity contribution in [3.05, 3.63) is 29.8 Å². The largest absolute Gasteiger partial charge is 0.492 e. The lowest BCUT2D eigenvalue weighted by molar-refractivity contribution is 0.0392. The first kappa shape index (κ1) is 13.9. The van der Waals surface area contributed by atoms with Gasteiger partial charge in [-0.3, -0.25) is 4.90 Å². The minimum Gasteiger partial charge on any atom is -0.492 e. The second-order valence-corrected chi connectivity index (χ2v) is 6.64. The zero-order valence-corrected chi connectivity index (χ0v) is 12.6. The third-order valence-electron chi connectivity index (χ3n) is 5.43. The van der Waals surface area contributed by atoms with Gasteiger partial charge in [-0.05, 0) is 37.4 Å². The lowest BCUT2D eigenvalue weighted by Crippen LogP contribution is -2.52. The minimum atomic E-state index is 0.0749. The van der Waals surface area contributed by atoms with Crippen LogP contribution in [0.15, 0.2) is 24.3 Å². The average Bonchev–Trinajstić information content (AvgIpc) is 2.49. The summed E-state index contributed by atoms with van der Waals surface area (Å²) in [5.41, 5.74) is 8.18. The molecule has 2 atom stereocenters. The number of nitrogens with two attached hydrogens (primary N) is 1. The molecule has 1 saturated heterocycles. The van der Waals surface area contributed by atoms with E-state index in [2.05, 4.69) is 30.9 Å². The van der Waals surface area contributed by atoms with Gasteiger partial charge in [0.05, 0.1) is 12.1 Å². The van der Waals surface area contributed by atoms with Crippen molar-refractivity contribution in [1.29, 1.82) is 0 Å². The Hall–Kier alpha value is -1.06.